The van der Waals surface area contributed by atoms with Crippen molar-refractivity contribution in [2.24, 2.45) is 0 Å². The summed E-state index contributed by atoms with van der Waals surface area (Å²) in [6.45, 7) is 0.982. The highest BCUT2D eigenvalue weighted by Crippen LogP contribution is 2.25. The van der Waals surface area contributed by atoms with Gasteiger partial charge in [0.2, 0.25) is 0 Å². The largest absolute Gasteiger partial charge is 0.312 e. The summed E-state index contributed by atoms with van der Waals surface area (Å²) >= 11 is 14.0. The number of benzene rings is 1. The van der Waals surface area contributed by atoms with E-state index in [4.69, 9.17) is 23.2 Å². The Balaban J connectivity index is 1.94. The van der Waals surface area contributed by atoms with Crippen LogP contribution in [0.3, 0.4) is 0 Å². The molecule has 0 aromatic heterocycles. The topological polar surface area (TPSA) is 29.1 Å². The third-order valence-electron chi connectivity index (χ3n) is 2.91. The molecular weight excluding hydrogens is 289 g/mol. The van der Waals surface area contributed by atoms with E-state index in [1.54, 1.807) is 18.2 Å². The molecule has 1 heterocycles. The van der Waals surface area contributed by atoms with E-state index in [2.05, 4.69) is 5.32 Å². The van der Waals surface area contributed by atoms with Crippen molar-refractivity contribution in [1.82, 2.24) is 5.32 Å². The van der Waals surface area contributed by atoms with Gasteiger partial charge in [0.15, 0.2) is 0 Å². The zero-order valence-electron chi connectivity index (χ0n) is 9.92. The molecule has 1 aromatic rings. The smallest absolute Gasteiger partial charge is 0.138 e. The van der Waals surface area contributed by atoms with Crippen molar-refractivity contribution < 1.29 is 4.79 Å². The SMILES string of the molecule is O=C(Cc1c(Cl)cccc1Cl)CC1CSCCN1. The first-order chi connectivity index (χ1) is 8.66. The van der Waals surface area contributed by atoms with Crippen molar-refractivity contribution in [1.29, 1.82) is 0 Å². The first-order valence-electron chi connectivity index (χ1n) is 5.92. The summed E-state index contributed by atoms with van der Waals surface area (Å²) in [5.41, 5.74) is 0.745. The van der Waals surface area contributed by atoms with Crippen LogP contribution in [0.25, 0.3) is 0 Å². The van der Waals surface area contributed by atoms with Crippen LogP contribution in [0, 0.1) is 0 Å². The fourth-order valence-corrected chi connectivity index (χ4v) is 3.48. The van der Waals surface area contributed by atoms with Gasteiger partial charge < -0.3 is 5.32 Å². The van der Waals surface area contributed by atoms with Gasteiger partial charge in [-0.2, -0.15) is 11.8 Å². The Labute approximate surface area is 121 Å². The first kappa shape index (κ1) is 14.2. The van der Waals surface area contributed by atoms with E-state index < -0.39 is 0 Å². The highest BCUT2D eigenvalue weighted by atomic mass is 35.5. The molecule has 1 N–H and O–H groups in total. The fourth-order valence-electron chi connectivity index (χ4n) is 2.00. The maximum atomic E-state index is 12.0. The Hall–Kier alpha value is -0.220. The molecule has 0 aliphatic carbocycles. The average Bonchev–Trinajstić information content (AvgIpc) is 2.35. The van der Waals surface area contributed by atoms with Crippen LogP contribution in [0.15, 0.2) is 18.2 Å². The molecule has 1 fully saturated rings. The van der Waals surface area contributed by atoms with E-state index in [9.17, 15) is 4.79 Å². The van der Waals surface area contributed by atoms with Gasteiger partial charge in [-0.05, 0) is 17.7 Å². The molecule has 2 rings (SSSR count). The van der Waals surface area contributed by atoms with Gasteiger partial charge in [0, 0.05) is 47.0 Å². The number of hydrogen-bond acceptors (Lipinski definition) is 3. The molecule has 0 amide bonds. The van der Waals surface area contributed by atoms with Crippen LogP contribution in [0.2, 0.25) is 10.0 Å². The van der Waals surface area contributed by atoms with Crippen LogP contribution >= 0.6 is 35.0 Å². The van der Waals surface area contributed by atoms with Gasteiger partial charge in [0.25, 0.3) is 0 Å². The molecule has 0 bridgehead atoms. The van der Waals surface area contributed by atoms with Crippen molar-refractivity contribution in [3.63, 3.8) is 0 Å². The van der Waals surface area contributed by atoms with Crippen LogP contribution in [0.1, 0.15) is 12.0 Å². The van der Waals surface area contributed by atoms with Crippen LogP contribution in [-0.2, 0) is 11.2 Å². The molecule has 1 aromatic carbocycles. The zero-order valence-corrected chi connectivity index (χ0v) is 12.2. The van der Waals surface area contributed by atoms with Gasteiger partial charge in [-0.15, -0.1) is 0 Å². The normalized spacial score (nSPS) is 19.8. The molecule has 1 saturated heterocycles. The molecule has 1 aliphatic heterocycles. The summed E-state index contributed by atoms with van der Waals surface area (Å²) in [6, 6.07) is 5.62. The average molecular weight is 304 g/mol. The standard InChI is InChI=1S/C13H15Cl2NOS/c14-12-2-1-3-13(15)11(12)7-10(17)6-9-8-18-5-4-16-9/h1-3,9,16H,4-8H2. The lowest BCUT2D eigenvalue weighted by Crippen LogP contribution is -2.39. The number of halogens is 2. The highest BCUT2D eigenvalue weighted by Gasteiger charge is 2.18. The van der Waals surface area contributed by atoms with Gasteiger partial charge in [-0.1, -0.05) is 29.3 Å². The fraction of sp³-hybridized carbons (Fsp3) is 0.462. The maximum absolute atomic E-state index is 12.0. The molecule has 98 valence electrons. The van der Waals surface area contributed by atoms with Gasteiger partial charge in [0.05, 0.1) is 0 Å². The molecule has 2 nitrogen and oxygen atoms in total. The summed E-state index contributed by atoms with van der Waals surface area (Å²) in [7, 11) is 0. The Morgan fingerprint density at radius 2 is 2.11 bits per heavy atom. The third-order valence-corrected chi connectivity index (χ3v) is 4.75. The van der Waals surface area contributed by atoms with Crippen molar-refractivity contribution >= 4 is 40.7 Å². The number of thioether (sulfide) groups is 1. The van der Waals surface area contributed by atoms with Gasteiger partial charge >= 0.3 is 0 Å². The van der Waals surface area contributed by atoms with Gasteiger partial charge in [0.1, 0.15) is 5.78 Å². The van der Waals surface area contributed by atoms with E-state index in [0.29, 0.717) is 22.9 Å². The molecule has 1 atom stereocenters. The summed E-state index contributed by atoms with van der Waals surface area (Å²) in [6.07, 6.45) is 0.871. The summed E-state index contributed by atoms with van der Waals surface area (Å²) < 4.78 is 0. The lowest BCUT2D eigenvalue weighted by Gasteiger charge is -2.22. The summed E-state index contributed by atoms with van der Waals surface area (Å²) in [4.78, 5) is 12.0. The second-order valence-corrected chi connectivity index (χ2v) is 6.31. The monoisotopic (exact) mass is 303 g/mol. The number of nitrogens with one attached hydrogen (secondary N) is 1. The predicted octanol–water partition coefficient (Wildman–Crippen LogP) is 3.20. The lowest BCUT2D eigenvalue weighted by molar-refractivity contribution is -0.118. The number of rotatable bonds is 4. The molecule has 0 radical (unpaired) electrons. The van der Waals surface area contributed by atoms with E-state index in [0.717, 1.165) is 23.6 Å². The molecule has 0 spiro atoms. The van der Waals surface area contributed by atoms with Crippen LogP contribution in [0.5, 0.6) is 0 Å². The Morgan fingerprint density at radius 1 is 1.39 bits per heavy atom. The second-order valence-electron chi connectivity index (χ2n) is 4.35. The summed E-state index contributed by atoms with van der Waals surface area (Å²) in [5.74, 6) is 2.31. The number of hydrogen-bond donors (Lipinski definition) is 1. The lowest BCUT2D eigenvalue weighted by atomic mass is 10.0. The van der Waals surface area contributed by atoms with Crippen molar-refractivity contribution in [3.8, 4) is 0 Å². The molecule has 1 aliphatic rings. The Morgan fingerprint density at radius 3 is 2.72 bits per heavy atom. The maximum Gasteiger partial charge on any atom is 0.138 e. The minimum Gasteiger partial charge on any atom is -0.312 e. The first-order valence-corrected chi connectivity index (χ1v) is 7.83. The Bertz CT molecular complexity index is 413. The van der Waals surface area contributed by atoms with Crippen molar-refractivity contribution in [2.45, 2.75) is 18.9 Å². The molecule has 18 heavy (non-hydrogen) atoms. The zero-order chi connectivity index (χ0) is 13.0. The minimum atomic E-state index is 0.185. The number of carbonyl (C=O) groups is 1. The Kier molecular flexibility index (Phi) is 5.37. The predicted molar refractivity (Wildman–Crippen MR) is 78.9 cm³/mol. The van der Waals surface area contributed by atoms with Crippen molar-refractivity contribution in [2.75, 3.05) is 18.1 Å². The quantitative estimate of drug-likeness (QED) is 0.926. The van der Waals surface area contributed by atoms with Gasteiger partial charge in [-0.25, -0.2) is 0 Å². The van der Waals surface area contributed by atoms with E-state index in [1.807, 2.05) is 11.8 Å². The molecule has 0 saturated carbocycles. The van der Waals surface area contributed by atoms with Crippen LogP contribution in [0.4, 0.5) is 0 Å². The summed E-state index contributed by atoms with van der Waals surface area (Å²) in [5, 5.41) is 4.50. The second kappa shape index (κ2) is 6.80. The van der Waals surface area contributed by atoms with E-state index in [-0.39, 0.29) is 11.8 Å². The molecular formula is C13H15Cl2NOS. The molecule has 1 unspecified atom stereocenters. The van der Waals surface area contributed by atoms with E-state index >= 15 is 0 Å². The van der Waals surface area contributed by atoms with Crippen LogP contribution in [-0.4, -0.2) is 29.9 Å². The van der Waals surface area contributed by atoms with Crippen molar-refractivity contribution in [3.05, 3.63) is 33.8 Å². The number of ketones is 1. The minimum absolute atomic E-state index is 0.185. The molecule has 5 heteroatoms. The van der Waals surface area contributed by atoms with E-state index in [1.165, 1.54) is 0 Å². The number of carbonyl (C=O) groups excluding carboxylic acids is 1. The third kappa shape index (κ3) is 3.89. The number of Topliss-reactive ketones (excluding diaryl/α,β-unsaturated/α-hetero) is 1. The highest BCUT2D eigenvalue weighted by molar-refractivity contribution is 7.99. The van der Waals surface area contributed by atoms with Crippen LogP contribution < -0.4 is 5.32 Å². The van der Waals surface area contributed by atoms with Gasteiger partial charge in [-0.3, -0.25) is 4.79 Å².